The molecule has 3 aromatic rings. The van der Waals surface area contributed by atoms with Crippen molar-refractivity contribution in [1.29, 1.82) is 0 Å². The van der Waals surface area contributed by atoms with Crippen LogP contribution in [-0.2, 0) is 10.0 Å². The molecule has 0 radical (unpaired) electrons. The van der Waals surface area contributed by atoms with E-state index in [9.17, 15) is 13.2 Å². The number of fused-ring (bicyclic) bond motifs is 1. The molecule has 0 atom stereocenters. The number of benzene rings is 2. The zero-order valence-corrected chi connectivity index (χ0v) is 19.3. The molecule has 0 bridgehead atoms. The number of carbonyl (C=O) groups is 1. The number of carbonyl (C=O) groups excluding carboxylic acids is 1. The molecule has 0 spiro atoms. The molecular weight excluding hydrogens is 458 g/mol. The zero-order valence-electron chi connectivity index (χ0n) is 18.5. The minimum Gasteiger partial charge on any atom is -0.486 e. The monoisotopic (exact) mass is 483 g/mol. The minimum absolute atomic E-state index is 0.103. The lowest BCUT2D eigenvalue weighted by Gasteiger charge is -2.20. The van der Waals surface area contributed by atoms with Crippen LogP contribution in [0.2, 0.25) is 0 Å². The van der Waals surface area contributed by atoms with Crippen molar-refractivity contribution >= 4 is 21.6 Å². The molecule has 9 nitrogen and oxygen atoms in total. The molecule has 5 rings (SSSR count). The van der Waals surface area contributed by atoms with Crippen LogP contribution in [0.4, 0.5) is 5.69 Å². The summed E-state index contributed by atoms with van der Waals surface area (Å²) in [5.74, 6) is 1.23. The number of hydrogen-bond donors (Lipinski definition) is 1. The van der Waals surface area contributed by atoms with Gasteiger partial charge >= 0.3 is 0 Å². The average molecular weight is 484 g/mol. The van der Waals surface area contributed by atoms with Gasteiger partial charge in [0.2, 0.25) is 10.0 Å². The highest BCUT2D eigenvalue weighted by atomic mass is 32.2. The van der Waals surface area contributed by atoms with Crippen LogP contribution in [0.1, 0.15) is 36.2 Å². The summed E-state index contributed by atoms with van der Waals surface area (Å²) in [6, 6.07) is 13.1. The highest BCUT2D eigenvalue weighted by Gasteiger charge is 2.25. The Kier molecular flexibility index (Phi) is 6.25. The summed E-state index contributed by atoms with van der Waals surface area (Å²) in [6.45, 7) is 2.06. The molecule has 2 aromatic carbocycles. The third-order valence-corrected chi connectivity index (χ3v) is 7.80. The normalized spacial score (nSPS) is 16.6. The molecular formula is C24H25N3O6S. The molecule has 1 fully saturated rings. The third kappa shape index (κ3) is 4.64. The van der Waals surface area contributed by atoms with E-state index in [4.69, 9.17) is 14.0 Å². The van der Waals surface area contributed by atoms with Crippen molar-refractivity contribution in [2.75, 3.05) is 31.6 Å². The Labute approximate surface area is 197 Å². The van der Waals surface area contributed by atoms with Crippen molar-refractivity contribution in [2.45, 2.75) is 30.6 Å². The van der Waals surface area contributed by atoms with Crippen LogP contribution in [-0.4, -0.2) is 50.1 Å². The van der Waals surface area contributed by atoms with E-state index >= 15 is 0 Å². The number of amides is 1. The summed E-state index contributed by atoms with van der Waals surface area (Å²) in [4.78, 5) is 12.9. The van der Waals surface area contributed by atoms with Crippen molar-refractivity contribution in [1.82, 2.24) is 9.46 Å². The van der Waals surface area contributed by atoms with Gasteiger partial charge in [-0.25, -0.2) is 8.42 Å². The first-order valence-corrected chi connectivity index (χ1v) is 12.7. The average Bonchev–Trinajstić information content (AvgIpc) is 3.19. The van der Waals surface area contributed by atoms with Gasteiger partial charge in [-0.05, 0) is 55.3 Å². The van der Waals surface area contributed by atoms with E-state index < -0.39 is 15.9 Å². The van der Waals surface area contributed by atoms with Gasteiger partial charge in [-0.2, -0.15) is 4.31 Å². The standard InChI is InChI=1S/C24H25N3O6S/c28-24(20-16-22(33-26-20)17-5-10-21-23(15-17)32-14-13-31-21)25-18-6-8-19(9-7-18)34(29,30)27-11-3-1-2-4-12-27/h5-10,15-16H,1-4,11-14H2,(H,25,28). The summed E-state index contributed by atoms with van der Waals surface area (Å²) in [5, 5.41) is 6.59. The molecule has 0 aliphatic carbocycles. The first-order chi connectivity index (χ1) is 16.5. The topological polar surface area (TPSA) is 111 Å². The number of aromatic nitrogens is 1. The van der Waals surface area contributed by atoms with Gasteiger partial charge in [0.25, 0.3) is 5.91 Å². The van der Waals surface area contributed by atoms with Gasteiger partial charge in [0.05, 0.1) is 4.90 Å². The SMILES string of the molecule is O=C(Nc1ccc(S(=O)(=O)N2CCCCCC2)cc1)c1cc(-c2ccc3c(c2)OCCO3)on1. The lowest BCUT2D eigenvalue weighted by Crippen LogP contribution is -2.31. The van der Waals surface area contributed by atoms with E-state index in [1.807, 2.05) is 0 Å². The predicted octanol–water partition coefficient (Wildman–Crippen LogP) is 3.93. The predicted molar refractivity (Wildman–Crippen MR) is 125 cm³/mol. The highest BCUT2D eigenvalue weighted by molar-refractivity contribution is 7.89. The van der Waals surface area contributed by atoms with Crippen LogP contribution in [0.25, 0.3) is 11.3 Å². The van der Waals surface area contributed by atoms with Crippen molar-refractivity contribution in [3.8, 4) is 22.8 Å². The fraction of sp³-hybridized carbons (Fsp3) is 0.333. The molecule has 1 aromatic heterocycles. The second-order valence-electron chi connectivity index (χ2n) is 8.23. The Morgan fingerprint density at radius 3 is 2.32 bits per heavy atom. The second kappa shape index (κ2) is 9.47. The number of anilines is 1. The highest BCUT2D eigenvalue weighted by Crippen LogP contribution is 2.34. The van der Waals surface area contributed by atoms with Crippen LogP contribution >= 0.6 is 0 Å². The second-order valence-corrected chi connectivity index (χ2v) is 10.2. The van der Waals surface area contributed by atoms with E-state index in [0.29, 0.717) is 54.8 Å². The first-order valence-electron chi connectivity index (χ1n) is 11.3. The van der Waals surface area contributed by atoms with Crippen LogP contribution in [0.5, 0.6) is 11.5 Å². The summed E-state index contributed by atoms with van der Waals surface area (Å²) >= 11 is 0. The van der Waals surface area contributed by atoms with Crippen molar-refractivity contribution in [3.63, 3.8) is 0 Å². The number of nitrogens with one attached hydrogen (secondary N) is 1. The molecule has 3 heterocycles. The zero-order chi connectivity index (χ0) is 23.5. The molecule has 0 saturated carbocycles. The van der Waals surface area contributed by atoms with Gasteiger partial charge in [0.1, 0.15) is 13.2 Å². The summed E-state index contributed by atoms with van der Waals surface area (Å²) in [6.07, 6.45) is 3.85. The first kappa shape index (κ1) is 22.4. The molecule has 1 N–H and O–H groups in total. The Morgan fingerprint density at radius 2 is 1.59 bits per heavy atom. The summed E-state index contributed by atoms with van der Waals surface area (Å²) < 4.78 is 43.8. The van der Waals surface area contributed by atoms with Gasteiger partial charge in [-0.1, -0.05) is 18.0 Å². The number of hydrogen-bond acceptors (Lipinski definition) is 7. The number of ether oxygens (including phenoxy) is 2. The van der Waals surface area contributed by atoms with Crippen molar-refractivity contribution in [2.24, 2.45) is 0 Å². The molecule has 10 heteroatoms. The van der Waals surface area contributed by atoms with Gasteiger partial charge in [-0.15, -0.1) is 0 Å². The maximum absolute atomic E-state index is 12.9. The van der Waals surface area contributed by atoms with Crippen LogP contribution < -0.4 is 14.8 Å². The molecule has 2 aliphatic rings. The van der Waals surface area contributed by atoms with E-state index in [-0.39, 0.29) is 10.6 Å². The lowest BCUT2D eigenvalue weighted by atomic mass is 10.1. The van der Waals surface area contributed by atoms with Crippen molar-refractivity contribution < 1.29 is 27.2 Å². The molecule has 34 heavy (non-hydrogen) atoms. The fourth-order valence-corrected chi connectivity index (χ4v) is 5.57. The van der Waals surface area contributed by atoms with Crippen molar-refractivity contribution in [3.05, 3.63) is 54.2 Å². The Hall–Kier alpha value is -3.37. The number of rotatable bonds is 5. The molecule has 1 saturated heterocycles. The van der Waals surface area contributed by atoms with E-state index in [1.54, 1.807) is 40.7 Å². The number of sulfonamides is 1. The molecule has 2 aliphatic heterocycles. The maximum Gasteiger partial charge on any atom is 0.277 e. The smallest absolute Gasteiger partial charge is 0.277 e. The van der Waals surface area contributed by atoms with Gasteiger partial charge in [-0.3, -0.25) is 4.79 Å². The third-order valence-electron chi connectivity index (χ3n) is 5.88. The largest absolute Gasteiger partial charge is 0.486 e. The van der Waals surface area contributed by atoms with Crippen LogP contribution in [0.3, 0.4) is 0 Å². The molecule has 178 valence electrons. The van der Waals surface area contributed by atoms with E-state index in [0.717, 1.165) is 25.7 Å². The quantitative estimate of drug-likeness (QED) is 0.585. The number of nitrogens with zero attached hydrogens (tertiary/aromatic N) is 2. The Bertz CT molecular complexity index is 1280. The van der Waals surface area contributed by atoms with Crippen LogP contribution in [0, 0.1) is 0 Å². The van der Waals surface area contributed by atoms with Gasteiger partial charge in [0.15, 0.2) is 23.0 Å². The Morgan fingerprint density at radius 1 is 0.882 bits per heavy atom. The summed E-state index contributed by atoms with van der Waals surface area (Å²) in [7, 11) is -3.54. The summed E-state index contributed by atoms with van der Waals surface area (Å²) in [5.41, 5.74) is 1.27. The fourth-order valence-electron chi connectivity index (χ4n) is 4.05. The minimum atomic E-state index is -3.54. The maximum atomic E-state index is 12.9. The Balaban J connectivity index is 1.26. The van der Waals surface area contributed by atoms with E-state index in [2.05, 4.69) is 10.5 Å². The van der Waals surface area contributed by atoms with Gasteiger partial charge < -0.3 is 19.3 Å². The van der Waals surface area contributed by atoms with Gasteiger partial charge in [0, 0.05) is 30.4 Å². The van der Waals surface area contributed by atoms with Crippen LogP contribution in [0.15, 0.2) is 57.9 Å². The molecule has 0 unspecified atom stereocenters. The van der Waals surface area contributed by atoms with E-state index in [1.165, 1.54) is 12.1 Å². The molecule has 1 amide bonds. The lowest BCUT2D eigenvalue weighted by molar-refractivity contribution is 0.101.